The number of allylic oxidation sites excluding steroid dienone is 5. The maximum Gasteiger partial charge on any atom is 0.249 e. The summed E-state index contributed by atoms with van der Waals surface area (Å²) in [4.78, 5) is 13.1. The standard InChI is InChI=1S/C59H111NO10/c1-3-5-7-9-11-13-15-17-18-19-20-21-22-23-24-25-26-27-28-29-30-31-32-33-34-35-37-38-40-42-44-46-51(62)54(64)50(49-69-59-57(67)56(66)55(65)53(48-61)70-59)60-58(68)52(63)47-45-43-41-39-36-16-14-12-10-8-6-4-2/h36,38-40,43,45,50-57,59,61-67H,3-35,37,41-42,44,46-49H2,1-2H3,(H,60,68)/b39-36-,40-38+,45-43-. The van der Waals surface area contributed by atoms with E-state index in [2.05, 4.69) is 43.5 Å². The van der Waals surface area contributed by atoms with Crippen LogP contribution in [0.3, 0.4) is 0 Å². The molecule has 1 heterocycles. The van der Waals surface area contributed by atoms with Crippen molar-refractivity contribution in [3.63, 3.8) is 0 Å². The van der Waals surface area contributed by atoms with Crippen molar-refractivity contribution in [1.29, 1.82) is 0 Å². The molecule has 0 aliphatic carbocycles. The van der Waals surface area contributed by atoms with Gasteiger partial charge in [-0.3, -0.25) is 4.79 Å². The Kier molecular flexibility index (Phi) is 45.8. The molecule has 9 atom stereocenters. The maximum absolute atomic E-state index is 13.1. The Bertz CT molecular complexity index is 1230. The average molecular weight is 995 g/mol. The molecule has 70 heavy (non-hydrogen) atoms. The van der Waals surface area contributed by atoms with E-state index in [-0.39, 0.29) is 12.8 Å². The monoisotopic (exact) mass is 994 g/mol. The van der Waals surface area contributed by atoms with Crippen LogP contribution in [0.5, 0.6) is 0 Å². The highest BCUT2D eigenvalue weighted by molar-refractivity contribution is 5.81. The van der Waals surface area contributed by atoms with Crippen molar-refractivity contribution in [2.45, 2.75) is 319 Å². The van der Waals surface area contributed by atoms with Crippen molar-refractivity contribution in [3.8, 4) is 0 Å². The van der Waals surface area contributed by atoms with Gasteiger partial charge in [0.1, 0.15) is 36.6 Å². The summed E-state index contributed by atoms with van der Waals surface area (Å²) in [5, 5.41) is 75.8. The van der Waals surface area contributed by atoms with Crippen molar-refractivity contribution in [3.05, 3.63) is 36.5 Å². The van der Waals surface area contributed by atoms with Crippen LogP contribution in [0.2, 0.25) is 0 Å². The van der Waals surface area contributed by atoms with Gasteiger partial charge in [0, 0.05) is 6.42 Å². The zero-order valence-corrected chi connectivity index (χ0v) is 45.0. The number of amides is 1. The molecule has 412 valence electrons. The van der Waals surface area contributed by atoms with E-state index in [1.54, 1.807) is 6.08 Å². The van der Waals surface area contributed by atoms with Crippen LogP contribution < -0.4 is 5.32 Å². The fourth-order valence-electron chi connectivity index (χ4n) is 9.37. The van der Waals surface area contributed by atoms with Crippen molar-refractivity contribution in [2.24, 2.45) is 0 Å². The molecule has 0 spiro atoms. The molecular weight excluding hydrogens is 883 g/mol. The summed E-state index contributed by atoms with van der Waals surface area (Å²) in [6.45, 7) is 3.40. The number of hydrogen-bond donors (Lipinski definition) is 8. The maximum atomic E-state index is 13.1. The number of rotatable bonds is 50. The number of nitrogens with one attached hydrogen (secondary N) is 1. The summed E-state index contributed by atoms with van der Waals surface area (Å²) in [6.07, 6.45) is 48.3. The third kappa shape index (κ3) is 36.3. The lowest BCUT2D eigenvalue weighted by molar-refractivity contribution is -0.303. The predicted molar refractivity (Wildman–Crippen MR) is 289 cm³/mol. The van der Waals surface area contributed by atoms with Gasteiger partial charge in [0.2, 0.25) is 5.91 Å². The van der Waals surface area contributed by atoms with Gasteiger partial charge in [0.25, 0.3) is 0 Å². The molecule has 11 heteroatoms. The molecule has 0 radical (unpaired) electrons. The first kappa shape index (κ1) is 66.3. The Labute approximate surface area is 428 Å². The minimum absolute atomic E-state index is 0.0437. The molecule has 1 saturated heterocycles. The molecule has 1 fully saturated rings. The zero-order valence-electron chi connectivity index (χ0n) is 45.0. The summed E-state index contributed by atoms with van der Waals surface area (Å²) in [5.41, 5.74) is 0. The fraction of sp³-hybridized carbons (Fsp3) is 0.881. The number of carbonyl (C=O) groups excluding carboxylic acids is 1. The van der Waals surface area contributed by atoms with Crippen LogP contribution in [-0.4, -0.2) is 110 Å². The van der Waals surface area contributed by atoms with E-state index in [4.69, 9.17) is 9.47 Å². The zero-order chi connectivity index (χ0) is 51.1. The summed E-state index contributed by atoms with van der Waals surface area (Å²) in [5.74, 6) is -0.772. The molecule has 11 nitrogen and oxygen atoms in total. The molecule has 1 aliphatic heterocycles. The smallest absolute Gasteiger partial charge is 0.249 e. The van der Waals surface area contributed by atoms with Gasteiger partial charge in [-0.05, 0) is 51.4 Å². The van der Waals surface area contributed by atoms with Gasteiger partial charge in [-0.1, -0.05) is 243 Å². The van der Waals surface area contributed by atoms with E-state index in [9.17, 15) is 40.5 Å². The Morgan fingerprint density at radius 1 is 0.514 bits per heavy atom. The molecule has 9 unspecified atom stereocenters. The quantitative estimate of drug-likeness (QED) is 0.0215. The summed E-state index contributed by atoms with van der Waals surface area (Å²) in [6, 6.07) is -1.22. The van der Waals surface area contributed by atoms with Crippen LogP contribution in [0.1, 0.15) is 264 Å². The normalized spacial score (nSPS) is 20.5. The summed E-state index contributed by atoms with van der Waals surface area (Å²) in [7, 11) is 0. The van der Waals surface area contributed by atoms with Crippen molar-refractivity contribution >= 4 is 5.91 Å². The Morgan fingerprint density at radius 2 is 0.900 bits per heavy atom. The third-order valence-electron chi connectivity index (χ3n) is 14.2. The molecule has 0 aromatic carbocycles. The second-order valence-electron chi connectivity index (χ2n) is 20.7. The van der Waals surface area contributed by atoms with Crippen molar-refractivity contribution in [1.82, 2.24) is 5.32 Å². The molecule has 0 aromatic heterocycles. The highest BCUT2D eigenvalue weighted by Crippen LogP contribution is 2.23. The van der Waals surface area contributed by atoms with Gasteiger partial charge in [-0.25, -0.2) is 0 Å². The Balaban J connectivity index is 2.24. The first-order valence-corrected chi connectivity index (χ1v) is 29.4. The first-order valence-electron chi connectivity index (χ1n) is 29.4. The highest BCUT2D eigenvalue weighted by Gasteiger charge is 2.44. The number of carbonyl (C=O) groups is 1. The lowest BCUT2D eigenvalue weighted by atomic mass is 9.99. The van der Waals surface area contributed by atoms with E-state index in [0.29, 0.717) is 12.8 Å². The number of aliphatic hydroxyl groups is 7. The first-order chi connectivity index (χ1) is 34.2. The molecular formula is C59H111NO10. The van der Waals surface area contributed by atoms with E-state index < -0.39 is 74.2 Å². The van der Waals surface area contributed by atoms with E-state index in [0.717, 1.165) is 25.7 Å². The lowest BCUT2D eigenvalue weighted by Gasteiger charge is -2.40. The van der Waals surface area contributed by atoms with E-state index in [1.807, 2.05) is 6.08 Å². The van der Waals surface area contributed by atoms with Crippen LogP contribution in [-0.2, 0) is 14.3 Å². The van der Waals surface area contributed by atoms with Crippen molar-refractivity contribution in [2.75, 3.05) is 13.2 Å². The topological polar surface area (TPSA) is 189 Å². The largest absolute Gasteiger partial charge is 0.394 e. The van der Waals surface area contributed by atoms with E-state index in [1.165, 1.54) is 199 Å². The summed E-state index contributed by atoms with van der Waals surface area (Å²) >= 11 is 0. The summed E-state index contributed by atoms with van der Waals surface area (Å²) < 4.78 is 11.1. The molecule has 0 bridgehead atoms. The molecule has 1 aliphatic rings. The second kappa shape index (κ2) is 48.3. The van der Waals surface area contributed by atoms with Crippen LogP contribution in [0.4, 0.5) is 0 Å². The number of hydrogen-bond acceptors (Lipinski definition) is 10. The number of aliphatic hydroxyl groups excluding tert-OH is 7. The molecule has 1 rings (SSSR count). The Hall–Kier alpha value is -1.67. The van der Waals surface area contributed by atoms with Gasteiger partial charge in [0.05, 0.1) is 25.4 Å². The van der Waals surface area contributed by atoms with Crippen LogP contribution in [0, 0.1) is 0 Å². The van der Waals surface area contributed by atoms with Gasteiger partial charge in [0.15, 0.2) is 6.29 Å². The Morgan fingerprint density at radius 3 is 1.33 bits per heavy atom. The third-order valence-corrected chi connectivity index (χ3v) is 14.2. The number of ether oxygens (including phenoxy) is 2. The fourth-order valence-corrected chi connectivity index (χ4v) is 9.37. The molecule has 8 N–H and O–H groups in total. The van der Waals surface area contributed by atoms with Crippen molar-refractivity contribution < 1.29 is 50.0 Å². The van der Waals surface area contributed by atoms with E-state index >= 15 is 0 Å². The van der Waals surface area contributed by atoms with Crippen LogP contribution in [0.25, 0.3) is 0 Å². The minimum Gasteiger partial charge on any atom is -0.394 e. The van der Waals surface area contributed by atoms with Crippen LogP contribution >= 0.6 is 0 Å². The molecule has 0 aromatic rings. The van der Waals surface area contributed by atoms with Gasteiger partial charge >= 0.3 is 0 Å². The SMILES string of the molecule is CCCCCCCC/C=C\C/C=C\CC(O)C(=O)NC(COC1OC(CO)C(O)C(O)C1O)C(O)C(O)CCC/C=C/CCCCCCCCCCCCCCCCCCCCCCCCCCCC. The lowest BCUT2D eigenvalue weighted by Crippen LogP contribution is -2.60. The molecule has 0 saturated carbocycles. The average Bonchev–Trinajstić information content (AvgIpc) is 3.36. The predicted octanol–water partition coefficient (Wildman–Crippen LogP) is 12.3. The minimum atomic E-state index is -1.68. The van der Waals surface area contributed by atoms with Crippen LogP contribution in [0.15, 0.2) is 36.5 Å². The highest BCUT2D eigenvalue weighted by atomic mass is 16.7. The molecule has 1 amide bonds. The second-order valence-corrected chi connectivity index (χ2v) is 20.7. The van der Waals surface area contributed by atoms with Gasteiger partial charge in [-0.2, -0.15) is 0 Å². The number of unbranched alkanes of at least 4 members (excludes halogenated alkanes) is 33. The van der Waals surface area contributed by atoms with Gasteiger partial charge < -0.3 is 50.5 Å². The van der Waals surface area contributed by atoms with Gasteiger partial charge in [-0.15, -0.1) is 0 Å².